The molecule has 0 aliphatic rings. The van der Waals surface area contributed by atoms with E-state index >= 15 is 0 Å². The first-order chi connectivity index (χ1) is 8.40. The molecule has 0 aliphatic carbocycles. The van der Waals surface area contributed by atoms with Crippen molar-refractivity contribution in [2.45, 2.75) is 13.1 Å². The molecular formula is C13H14F3NO. The van der Waals surface area contributed by atoms with Crippen LogP contribution < -0.4 is 0 Å². The maximum Gasteiger partial charge on any atom is 0.416 e. The molecule has 18 heavy (non-hydrogen) atoms. The minimum absolute atomic E-state index is 0.242. The second-order valence-corrected chi connectivity index (χ2v) is 3.71. The molecule has 0 saturated heterocycles. The largest absolute Gasteiger partial charge is 0.416 e. The zero-order valence-electron chi connectivity index (χ0n) is 10.00. The summed E-state index contributed by atoms with van der Waals surface area (Å²) < 4.78 is 37.1. The highest BCUT2D eigenvalue weighted by atomic mass is 19.4. The number of carbonyl (C=O) groups is 1. The SMILES string of the molecule is C=CCN(CC)C(=O)c1ccc(C(F)(F)F)cc1. The molecule has 1 amide bonds. The van der Waals surface area contributed by atoms with Crippen molar-refractivity contribution in [3.8, 4) is 0 Å². The van der Waals surface area contributed by atoms with Crippen molar-refractivity contribution >= 4 is 5.91 Å². The highest BCUT2D eigenvalue weighted by Crippen LogP contribution is 2.29. The van der Waals surface area contributed by atoms with E-state index in [1.807, 2.05) is 0 Å². The minimum Gasteiger partial charge on any atom is -0.335 e. The van der Waals surface area contributed by atoms with Crippen molar-refractivity contribution in [3.63, 3.8) is 0 Å². The van der Waals surface area contributed by atoms with Gasteiger partial charge in [0.05, 0.1) is 5.56 Å². The van der Waals surface area contributed by atoms with E-state index in [4.69, 9.17) is 0 Å². The maximum atomic E-state index is 12.4. The van der Waals surface area contributed by atoms with Crippen LogP contribution in [0.4, 0.5) is 13.2 Å². The van der Waals surface area contributed by atoms with Gasteiger partial charge < -0.3 is 4.90 Å². The highest BCUT2D eigenvalue weighted by Gasteiger charge is 2.30. The number of hydrogen-bond acceptors (Lipinski definition) is 1. The smallest absolute Gasteiger partial charge is 0.335 e. The van der Waals surface area contributed by atoms with E-state index in [0.29, 0.717) is 13.1 Å². The number of carbonyl (C=O) groups excluding carboxylic acids is 1. The van der Waals surface area contributed by atoms with Gasteiger partial charge in [-0.1, -0.05) is 6.08 Å². The molecule has 0 radical (unpaired) electrons. The van der Waals surface area contributed by atoms with Gasteiger partial charge in [-0.05, 0) is 31.2 Å². The maximum absolute atomic E-state index is 12.4. The zero-order chi connectivity index (χ0) is 13.8. The average molecular weight is 257 g/mol. The Labute approximate surface area is 104 Å². The van der Waals surface area contributed by atoms with Gasteiger partial charge in [-0.15, -0.1) is 6.58 Å². The van der Waals surface area contributed by atoms with Crippen LogP contribution in [0.15, 0.2) is 36.9 Å². The molecule has 98 valence electrons. The van der Waals surface area contributed by atoms with Crippen LogP contribution in [0.1, 0.15) is 22.8 Å². The first kappa shape index (κ1) is 14.3. The molecule has 1 aromatic carbocycles. The number of hydrogen-bond donors (Lipinski definition) is 0. The first-order valence-electron chi connectivity index (χ1n) is 5.47. The molecule has 0 saturated carbocycles. The molecule has 0 atom stereocenters. The number of amides is 1. The topological polar surface area (TPSA) is 20.3 Å². The summed E-state index contributed by atoms with van der Waals surface area (Å²) in [4.78, 5) is 13.4. The van der Waals surface area contributed by atoms with Gasteiger partial charge >= 0.3 is 6.18 Å². The van der Waals surface area contributed by atoms with E-state index in [2.05, 4.69) is 6.58 Å². The van der Waals surface area contributed by atoms with Crippen LogP contribution in [-0.4, -0.2) is 23.9 Å². The van der Waals surface area contributed by atoms with Crippen molar-refractivity contribution in [3.05, 3.63) is 48.0 Å². The lowest BCUT2D eigenvalue weighted by molar-refractivity contribution is -0.137. The quantitative estimate of drug-likeness (QED) is 0.757. The molecule has 0 bridgehead atoms. The lowest BCUT2D eigenvalue weighted by Gasteiger charge is -2.19. The molecule has 0 spiro atoms. The predicted octanol–water partition coefficient (Wildman–Crippen LogP) is 3.35. The van der Waals surface area contributed by atoms with E-state index in [-0.39, 0.29) is 11.5 Å². The van der Waals surface area contributed by atoms with Crippen LogP contribution >= 0.6 is 0 Å². The summed E-state index contributed by atoms with van der Waals surface area (Å²) in [6, 6.07) is 4.21. The second kappa shape index (κ2) is 5.71. The van der Waals surface area contributed by atoms with E-state index < -0.39 is 11.7 Å². The highest BCUT2D eigenvalue weighted by molar-refractivity contribution is 5.94. The van der Waals surface area contributed by atoms with Gasteiger partial charge in [0.1, 0.15) is 0 Å². The predicted molar refractivity (Wildman–Crippen MR) is 63.2 cm³/mol. The summed E-state index contributed by atoms with van der Waals surface area (Å²) in [5.41, 5.74) is -0.516. The fourth-order valence-electron chi connectivity index (χ4n) is 1.50. The molecule has 1 rings (SSSR count). The van der Waals surface area contributed by atoms with Crippen molar-refractivity contribution in [1.82, 2.24) is 4.90 Å². The monoisotopic (exact) mass is 257 g/mol. The normalized spacial score (nSPS) is 11.1. The Bertz CT molecular complexity index is 423. The second-order valence-electron chi connectivity index (χ2n) is 3.71. The van der Waals surface area contributed by atoms with Crippen LogP contribution in [0.5, 0.6) is 0 Å². The van der Waals surface area contributed by atoms with Crippen molar-refractivity contribution < 1.29 is 18.0 Å². The van der Waals surface area contributed by atoms with Crippen molar-refractivity contribution in [2.75, 3.05) is 13.1 Å². The van der Waals surface area contributed by atoms with Gasteiger partial charge in [-0.3, -0.25) is 4.79 Å². The van der Waals surface area contributed by atoms with E-state index in [1.54, 1.807) is 13.0 Å². The Kier molecular flexibility index (Phi) is 4.53. The molecule has 0 N–H and O–H groups in total. The third-order valence-electron chi connectivity index (χ3n) is 2.48. The van der Waals surface area contributed by atoms with Crippen LogP contribution in [0, 0.1) is 0 Å². The molecule has 0 heterocycles. The summed E-state index contributed by atoms with van der Waals surface area (Å²) in [6.45, 7) is 6.17. The van der Waals surface area contributed by atoms with Gasteiger partial charge in [-0.25, -0.2) is 0 Å². The summed E-state index contributed by atoms with van der Waals surface area (Å²) in [5.74, 6) is -0.300. The average Bonchev–Trinajstić information content (AvgIpc) is 2.34. The van der Waals surface area contributed by atoms with Crippen LogP contribution in [0.25, 0.3) is 0 Å². The minimum atomic E-state index is -4.38. The Morgan fingerprint density at radius 1 is 1.33 bits per heavy atom. The molecule has 0 fully saturated rings. The molecule has 5 heteroatoms. The summed E-state index contributed by atoms with van der Waals surface area (Å²) in [7, 11) is 0. The fourth-order valence-corrected chi connectivity index (χ4v) is 1.50. The van der Waals surface area contributed by atoms with E-state index in [1.165, 1.54) is 17.0 Å². The van der Waals surface area contributed by atoms with Gasteiger partial charge in [0.15, 0.2) is 0 Å². The van der Waals surface area contributed by atoms with Crippen LogP contribution in [0.2, 0.25) is 0 Å². The Balaban J connectivity index is 2.91. The zero-order valence-corrected chi connectivity index (χ0v) is 10.00. The lowest BCUT2D eigenvalue weighted by Crippen LogP contribution is -2.30. The number of rotatable bonds is 4. The van der Waals surface area contributed by atoms with Gasteiger partial charge in [0.2, 0.25) is 0 Å². The molecule has 0 unspecified atom stereocenters. The van der Waals surface area contributed by atoms with Crippen molar-refractivity contribution in [1.29, 1.82) is 0 Å². The van der Waals surface area contributed by atoms with Crippen molar-refractivity contribution in [2.24, 2.45) is 0 Å². The molecule has 0 aromatic heterocycles. The van der Waals surface area contributed by atoms with E-state index in [9.17, 15) is 18.0 Å². The number of halogens is 3. The first-order valence-corrected chi connectivity index (χ1v) is 5.47. The Hall–Kier alpha value is -1.78. The molecule has 2 nitrogen and oxygen atoms in total. The van der Waals surface area contributed by atoms with Gasteiger partial charge in [-0.2, -0.15) is 13.2 Å². The van der Waals surface area contributed by atoms with E-state index in [0.717, 1.165) is 12.1 Å². The van der Waals surface area contributed by atoms with Crippen LogP contribution in [0.3, 0.4) is 0 Å². The third kappa shape index (κ3) is 3.35. The molecule has 0 aliphatic heterocycles. The number of nitrogens with zero attached hydrogens (tertiary/aromatic N) is 1. The summed E-state index contributed by atoms with van der Waals surface area (Å²) >= 11 is 0. The fraction of sp³-hybridized carbons (Fsp3) is 0.308. The van der Waals surface area contributed by atoms with Crippen LogP contribution in [-0.2, 0) is 6.18 Å². The number of likely N-dealkylation sites (N-methyl/N-ethyl adjacent to an activating group) is 1. The van der Waals surface area contributed by atoms with Gasteiger partial charge in [0, 0.05) is 18.7 Å². The number of benzene rings is 1. The Morgan fingerprint density at radius 3 is 2.28 bits per heavy atom. The number of alkyl halides is 3. The molecule has 1 aromatic rings. The summed E-state index contributed by atoms with van der Waals surface area (Å²) in [5, 5.41) is 0. The summed E-state index contributed by atoms with van der Waals surface area (Å²) in [6.07, 6.45) is -2.81. The standard InChI is InChI=1S/C13H14F3NO/c1-3-9-17(4-2)12(18)10-5-7-11(8-6-10)13(14,15)16/h3,5-8H,1,4,9H2,2H3. The van der Waals surface area contributed by atoms with Gasteiger partial charge in [0.25, 0.3) is 5.91 Å². The Morgan fingerprint density at radius 2 is 1.89 bits per heavy atom. The lowest BCUT2D eigenvalue weighted by atomic mass is 10.1. The third-order valence-corrected chi connectivity index (χ3v) is 2.48. The molecular weight excluding hydrogens is 243 g/mol.